The van der Waals surface area contributed by atoms with Crippen molar-refractivity contribution in [3.8, 4) is 5.75 Å². The summed E-state index contributed by atoms with van der Waals surface area (Å²) >= 11 is 0. The van der Waals surface area contributed by atoms with Crippen molar-refractivity contribution in [2.24, 2.45) is 5.92 Å². The highest BCUT2D eigenvalue weighted by atomic mass is 16.5. The first-order valence-electron chi connectivity index (χ1n) is 11.0. The van der Waals surface area contributed by atoms with Crippen LogP contribution in [0.4, 0.5) is 0 Å². The van der Waals surface area contributed by atoms with E-state index >= 15 is 0 Å². The Labute approximate surface area is 178 Å². The molecule has 1 atom stereocenters. The fourth-order valence-corrected chi connectivity index (χ4v) is 4.32. The normalized spacial score (nSPS) is 20.1. The Hall–Kier alpha value is -2.44. The van der Waals surface area contributed by atoms with Crippen LogP contribution in [-0.2, 0) is 11.2 Å². The van der Waals surface area contributed by atoms with Gasteiger partial charge in [0.15, 0.2) is 0 Å². The lowest BCUT2D eigenvalue weighted by atomic mass is 9.91. The monoisotopic (exact) mass is 409 g/mol. The molecule has 1 aromatic carbocycles. The van der Waals surface area contributed by atoms with Crippen molar-refractivity contribution >= 4 is 5.91 Å². The summed E-state index contributed by atoms with van der Waals surface area (Å²) < 4.78 is 11.4. The number of piperidine rings is 1. The van der Waals surface area contributed by atoms with Gasteiger partial charge in [-0.15, -0.1) is 0 Å². The van der Waals surface area contributed by atoms with E-state index in [1.165, 1.54) is 5.56 Å². The average Bonchev–Trinajstić information content (AvgIpc) is 2.80. The third kappa shape index (κ3) is 5.58. The Morgan fingerprint density at radius 2 is 2.00 bits per heavy atom. The molecule has 3 heterocycles. The number of ether oxygens (including phenoxy) is 2. The molecular formula is C24H31N3O3. The maximum Gasteiger partial charge on any atom is 0.257 e. The maximum atomic E-state index is 13.3. The van der Waals surface area contributed by atoms with Gasteiger partial charge in [-0.05, 0) is 48.9 Å². The summed E-state index contributed by atoms with van der Waals surface area (Å²) in [6, 6.07) is 11.7. The first kappa shape index (κ1) is 20.8. The summed E-state index contributed by atoms with van der Waals surface area (Å²) in [5.74, 6) is 1.24. The van der Waals surface area contributed by atoms with Crippen molar-refractivity contribution in [3.63, 3.8) is 0 Å². The van der Waals surface area contributed by atoms with Crippen LogP contribution in [0.5, 0.6) is 5.75 Å². The first-order chi connectivity index (χ1) is 14.8. The number of nitrogens with zero attached hydrogens (tertiary/aromatic N) is 3. The van der Waals surface area contributed by atoms with Crippen molar-refractivity contribution in [2.75, 3.05) is 52.5 Å². The van der Waals surface area contributed by atoms with Crippen LogP contribution < -0.4 is 4.74 Å². The number of rotatable bonds is 7. The fraction of sp³-hybridized carbons (Fsp3) is 0.500. The summed E-state index contributed by atoms with van der Waals surface area (Å²) in [6.45, 7) is 6.47. The van der Waals surface area contributed by atoms with E-state index in [4.69, 9.17) is 9.47 Å². The van der Waals surface area contributed by atoms with E-state index in [9.17, 15) is 4.79 Å². The van der Waals surface area contributed by atoms with Crippen LogP contribution in [0.3, 0.4) is 0 Å². The molecule has 6 nitrogen and oxygen atoms in total. The first-order valence-corrected chi connectivity index (χ1v) is 11.0. The van der Waals surface area contributed by atoms with E-state index in [2.05, 4.69) is 16.0 Å². The quantitative estimate of drug-likeness (QED) is 0.704. The van der Waals surface area contributed by atoms with Gasteiger partial charge in [-0.3, -0.25) is 14.7 Å². The van der Waals surface area contributed by atoms with Crippen LogP contribution in [0.25, 0.3) is 0 Å². The fourth-order valence-electron chi connectivity index (χ4n) is 4.32. The Bertz CT molecular complexity index is 808. The van der Waals surface area contributed by atoms with Crippen molar-refractivity contribution < 1.29 is 14.3 Å². The van der Waals surface area contributed by atoms with E-state index in [0.717, 1.165) is 65.2 Å². The Morgan fingerprint density at radius 1 is 1.13 bits per heavy atom. The SMILES string of the molecule is O=C(c1ccccc1OCCN1CCOCC1)N1CCC[C@@H](Cc2cccnc2)C1. The van der Waals surface area contributed by atoms with Crippen LogP contribution in [0.1, 0.15) is 28.8 Å². The highest BCUT2D eigenvalue weighted by Crippen LogP contribution is 2.25. The number of hydrogen-bond acceptors (Lipinski definition) is 5. The zero-order chi connectivity index (χ0) is 20.6. The summed E-state index contributed by atoms with van der Waals surface area (Å²) in [5, 5.41) is 0. The lowest BCUT2D eigenvalue weighted by Crippen LogP contribution is -2.41. The van der Waals surface area contributed by atoms with Gasteiger partial charge in [0.1, 0.15) is 12.4 Å². The summed E-state index contributed by atoms with van der Waals surface area (Å²) in [4.78, 5) is 21.8. The van der Waals surface area contributed by atoms with Gasteiger partial charge < -0.3 is 14.4 Å². The van der Waals surface area contributed by atoms with E-state index < -0.39 is 0 Å². The van der Waals surface area contributed by atoms with Crippen molar-refractivity contribution in [1.29, 1.82) is 0 Å². The molecule has 0 aliphatic carbocycles. The minimum atomic E-state index is 0.0767. The molecule has 2 saturated heterocycles. The largest absolute Gasteiger partial charge is 0.491 e. The highest BCUT2D eigenvalue weighted by molar-refractivity contribution is 5.97. The molecule has 0 bridgehead atoms. The third-order valence-corrected chi connectivity index (χ3v) is 5.94. The minimum Gasteiger partial charge on any atom is -0.491 e. The predicted molar refractivity (Wildman–Crippen MR) is 116 cm³/mol. The number of likely N-dealkylation sites (tertiary alicyclic amines) is 1. The average molecular weight is 410 g/mol. The summed E-state index contributed by atoms with van der Waals surface area (Å²) in [6.07, 6.45) is 6.89. The maximum absolute atomic E-state index is 13.3. The molecule has 6 heteroatoms. The number of benzene rings is 1. The van der Waals surface area contributed by atoms with Gasteiger partial charge in [-0.2, -0.15) is 0 Å². The number of morpholine rings is 1. The number of carbonyl (C=O) groups is 1. The van der Waals surface area contributed by atoms with Crippen LogP contribution in [-0.4, -0.2) is 73.2 Å². The second-order valence-corrected chi connectivity index (χ2v) is 8.12. The van der Waals surface area contributed by atoms with Crippen LogP contribution >= 0.6 is 0 Å². The topological polar surface area (TPSA) is 54.9 Å². The molecule has 160 valence electrons. The Kier molecular flexibility index (Phi) is 7.32. The number of aromatic nitrogens is 1. The van der Waals surface area contributed by atoms with Crippen molar-refractivity contribution in [1.82, 2.24) is 14.8 Å². The van der Waals surface area contributed by atoms with Gasteiger partial charge in [0.25, 0.3) is 5.91 Å². The number of carbonyl (C=O) groups excluding carboxylic acids is 1. The molecule has 4 rings (SSSR count). The molecule has 0 unspecified atom stereocenters. The number of para-hydroxylation sites is 1. The molecule has 2 fully saturated rings. The molecule has 0 spiro atoms. The van der Waals surface area contributed by atoms with Gasteiger partial charge >= 0.3 is 0 Å². The van der Waals surface area contributed by atoms with Gasteiger partial charge in [-0.25, -0.2) is 0 Å². The lowest BCUT2D eigenvalue weighted by molar-refractivity contribution is 0.0321. The molecule has 0 radical (unpaired) electrons. The van der Waals surface area contributed by atoms with Gasteiger partial charge in [-0.1, -0.05) is 18.2 Å². The number of hydrogen-bond donors (Lipinski definition) is 0. The van der Waals surface area contributed by atoms with Gasteiger partial charge in [0, 0.05) is 45.1 Å². The summed E-state index contributed by atoms with van der Waals surface area (Å²) in [5.41, 5.74) is 1.91. The third-order valence-electron chi connectivity index (χ3n) is 5.94. The standard InChI is InChI=1S/C24H31N3O3/c28-24(27-10-4-6-21(19-27)17-20-5-3-9-25-18-20)22-7-1-2-8-23(22)30-16-13-26-11-14-29-15-12-26/h1-3,5,7-9,18,21H,4,6,10-17,19H2/t21-/m0/s1. The van der Waals surface area contributed by atoms with Crippen molar-refractivity contribution in [2.45, 2.75) is 19.3 Å². The molecule has 2 aliphatic heterocycles. The zero-order valence-corrected chi connectivity index (χ0v) is 17.5. The second kappa shape index (κ2) is 10.5. The lowest BCUT2D eigenvalue weighted by Gasteiger charge is -2.33. The van der Waals surface area contributed by atoms with Gasteiger partial charge in [0.05, 0.1) is 18.8 Å². The molecule has 0 N–H and O–H groups in total. The number of pyridine rings is 1. The molecule has 0 saturated carbocycles. The Morgan fingerprint density at radius 3 is 2.83 bits per heavy atom. The van der Waals surface area contributed by atoms with Crippen molar-refractivity contribution in [3.05, 3.63) is 59.9 Å². The van der Waals surface area contributed by atoms with E-state index in [1.54, 1.807) is 6.20 Å². The molecular weight excluding hydrogens is 378 g/mol. The molecule has 2 aromatic rings. The molecule has 1 amide bonds. The van der Waals surface area contributed by atoms with Crippen LogP contribution in [0, 0.1) is 5.92 Å². The predicted octanol–water partition coefficient (Wildman–Crippen LogP) is 2.89. The second-order valence-electron chi connectivity index (χ2n) is 8.12. The molecule has 30 heavy (non-hydrogen) atoms. The number of amides is 1. The molecule has 2 aliphatic rings. The smallest absolute Gasteiger partial charge is 0.257 e. The zero-order valence-electron chi connectivity index (χ0n) is 17.5. The summed E-state index contributed by atoms with van der Waals surface area (Å²) in [7, 11) is 0. The van der Waals surface area contributed by atoms with E-state index in [0.29, 0.717) is 23.8 Å². The van der Waals surface area contributed by atoms with Crippen LogP contribution in [0.2, 0.25) is 0 Å². The van der Waals surface area contributed by atoms with Crippen LogP contribution in [0.15, 0.2) is 48.8 Å². The van der Waals surface area contributed by atoms with Gasteiger partial charge in [0.2, 0.25) is 0 Å². The molecule has 1 aromatic heterocycles. The minimum absolute atomic E-state index is 0.0767. The van der Waals surface area contributed by atoms with E-state index in [-0.39, 0.29) is 5.91 Å². The Balaban J connectivity index is 1.35. The highest BCUT2D eigenvalue weighted by Gasteiger charge is 2.26. The van der Waals surface area contributed by atoms with E-state index in [1.807, 2.05) is 41.4 Å².